The van der Waals surface area contributed by atoms with E-state index < -0.39 is 0 Å². The number of ketones is 2. The third-order valence-corrected chi connectivity index (χ3v) is 4.70. The van der Waals surface area contributed by atoms with E-state index in [0.717, 1.165) is 16.3 Å². The fourth-order valence-corrected chi connectivity index (χ4v) is 3.29. The van der Waals surface area contributed by atoms with Gasteiger partial charge < -0.3 is 0 Å². The highest BCUT2D eigenvalue weighted by Gasteiger charge is 2.17. The maximum absolute atomic E-state index is 13.1. The number of Topliss-reactive ketones (excluding diaryl/α,β-unsaturated/α-hetero) is 1. The highest BCUT2D eigenvalue weighted by molar-refractivity contribution is 6.12. The fraction of sp³-hybridized carbons (Fsp3) is 0.0400. The molecule has 4 aromatic carbocycles. The molecule has 0 amide bonds. The van der Waals surface area contributed by atoms with Crippen molar-refractivity contribution in [2.45, 2.75) is 6.42 Å². The van der Waals surface area contributed by atoms with Gasteiger partial charge in [-0.2, -0.15) is 0 Å². The lowest BCUT2D eigenvalue weighted by molar-refractivity contribution is 0.0992. The van der Waals surface area contributed by atoms with Gasteiger partial charge in [0.1, 0.15) is 0 Å². The molecule has 0 aliphatic carbocycles. The first-order valence-electron chi connectivity index (χ1n) is 8.92. The summed E-state index contributed by atoms with van der Waals surface area (Å²) in [5.74, 6) is -0.0507. The van der Waals surface area contributed by atoms with Gasteiger partial charge in [0.15, 0.2) is 11.6 Å². The van der Waals surface area contributed by atoms with Crippen molar-refractivity contribution in [1.29, 1.82) is 0 Å². The highest BCUT2D eigenvalue weighted by Crippen LogP contribution is 2.24. The van der Waals surface area contributed by atoms with Crippen LogP contribution in [0.3, 0.4) is 0 Å². The van der Waals surface area contributed by atoms with Crippen molar-refractivity contribution >= 4 is 22.3 Å². The van der Waals surface area contributed by atoms with Crippen LogP contribution in [0, 0.1) is 0 Å². The molecule has 4 rings (SSSR count). The summed E-state index contributed by atoms with van der Waals surface area (Å²) in [6, 6.07) is 30.2. The van der Waals surface area contributed by atoms with Crippen molar-refractivity contribution in [2.24, 2.45) is 0 Å². The monoisotopic (exact) mass is 350 g/mol. The lowest BCUT2D eigenvalue weighted by atomic mass is 9.91. The van der Waals surface area contributed by atoms with E-state index in [1.54, 1.807) is 12.1 Å². The lowest BCUT2D eigenvalue weighted by Gasteiger charge is -2.11. The normalized spacial score (nSPS) is 10.7. The van der Waals surface area contributed by atoms with Crippen LogP contribution in [0.1, 0.15) is 31.8 Å². The van der Waals surface area contributed by atoms with Gasteiger partial charge in [0.25, 0.3) is 0 Å². The van der Waals surface area contributed by atoms with E-state index in [1.165, 1.54) is 0 Å². The second-order valence-electron chi connectivity index (χ2n) is 6.52. The number of carbonyl (C=O) groups is 2. The Morgan fingerprint density at radius 1 is 0.593 bits per heavy atom. The van der Waals surface area contributed by atoms with Crippen LogP contribution in [0.25, 0.3) is 10.8 Å². The molecule has 0 aliphatic heterocycles. The number of fused-ring (bicyclic) bond motifs is 1. The number of benzene rings is 4. The van der Waals surface area contributed by atoms with Crippen molar-refractivity contribution in [3.8, 4) is 0 Å². The summed E-state index contributed by atoms with van der Waals surface area (Å²) in [6.45, 7) is 0. The molecule has 0 fully saturated rings. The van der Waals surface area contributed by atoms with Gasteiger partial charge in [-0.3, -0.25) is 9.59 Å². The SMILES string of the molecule is O=C(Cc1cc2ccccc2cc1C(=O)c1ccccc1)c1ccccc1. The van der Waals surface area contributed by atoms with Gasteiger partial charge >= 0.3 is 0 Å². The van der Waals surface area contributed by atoms with Gasteiger partial charge in [-0.15, -0.1) is 0 Å². The van der Waals surface area contributed by atoms with Gasteiger partial charge in [-0.1, -0.05) is 84.9 Å². The predicted molar refractivity (Wildman–Crippen MR) is 108 cm³/mol. The Balaban J connectivity index is 1.80. The van der Waals surface area contributed by atoms with Gasteiger partial charge in [0, 0.05) is 23.1 Å². The van der Waals surface area contributed by atoms with Crippen LogP contribution in [0.4, 0.5) is 0 Å². The molecule has 0 heterocycles. The Bertz CT molecular complexity index is 1110. The molecule has 2 heteroatoms. The molecule has 4 aromatic rings. The summed E-state index contributed by atoms with van der Waals surface area (Å²) in [5, 5.41) is 2.02. The van der Waals surface area contributed by atoms with Crippen LogP contribution < -0.4 is 0 Å². The van der Waals surface area contributed by atoms with Gasteiger partial charge in [-0.25, -0.2) is 0 Å². The number of hydrogen-bond donors (Lipinski definition) is 0. The van der Waals surface area contributed by atoms with E-state index >= 15 is 0 Å². The van der Waals surface area contributed by atoms with Crippen LogP contribution >= 0.6 is 0 Å². The molecule has 0 atom stereocenters. The van der Waals surface area contributed by atoms with Crippen LogP contribution in [0.15, 0.2) is 97.1 Å². The minimum Gasteiger partial charge on any atom is -0.294 e. The maximum atomic E-state index is 13.1. The molecule has 130 valence electrons. The molecule has 0 unspecified atom stereocenters. The van der Waals surface area contributed by atoms with Crippen molar-refractivity contribution in [2.75, 3.05) is 0 Å². The fourth-order valence-electron chi connectivity index (χ4n) is 3.29. The molecule has 2 nitrogen and oxygen atoms in total. The molecule has 0 N–H and O–H groups in total. The smallest absolute Gasteiger partial charge is 0.193 e. The van der Waals surface area contributed by atoms with E-state index in [4.69, 9.17) is 0 Å². The average Bonchev–Trinajstić information content (AvgIpc) is 2.74. The molecule has 0 aromatic heterocycles. The number of carbonyl (C=O) groups excluding carboxylic acids is 2. The minimum absolute atomic E-state index is 0.00740. The summed E-state index contributed by atoms with van der Waals surface area (Å²) in [4.78, 5) is 25.9. The second kappa shape index (κ2) is 7.38. The largest absolute Gasteiger partial charge is 0.294 e. The Morgan fingerprint density at radius 2 is 1.11 bits per heavy atom. The molecular formula is C25H18O2. The first kappa shape index (κ1) is 16.9. The summed E-state index contributed by atoms with van der Waals surface area (Å²) in [7, 11) is 0. The predicted octanol–water partition coefficient (Wildman–Crippen LogP) is 5.50. The van der Waals surface area contributed by atoms with E-state index in [0.29, 0.717) is 16.7 Å². The number of rotatable bonds is 5. The Hall–Kier alpha value is -3.52. The quantitative estimate of drug-likeness (QED) is 0.446. The zero-order valence-electron chi connectivity index (χ0n) is 14.8. The topological polar surface area (TPSA) is 34.1 Å². The van der Waals surface area contributed by atoms with Crippen LogP contribution in [-0.2, 0) is 6.42 Å². The molecule has 0 radical (unpaired) electrons. The van der Waals surface area contributed by atoms with Crippen molar-refractivity contribution in [3.05, 3.63) is 119 Å². The zero-order valence-corrected chi connectivity index (χ0v) is 14.8. The van der Waals surface area contributed by atoms with Crippen molar-refractivity contribution in [1.82, 2.24) is 0 Å². The minimum atomic E-state index is -0.0581. The Labute approximate surface area is 158 Å². The lowest BCUT2D eigenvalue weighted by Crippen LogP contribution is -2.10. The average molecular weight is 350 g/mol. The highest BCUT2D eigenvalue weighted by atomic mass is 16.1. The van der Waals surface area contributed by atoms with E-state index in [9.17, 15) is 9.59 Å². The van der Waals surface area contributed by atoms with Crippen molar-refractivity contribution in [3.63, 3.8) is 0 Å². The molecule has 0 spiro atoms. The first-order chi connectivity index (χ1) is 13.2. The van der Waals surface area contributed by atoms with Crippen molar-refractivity contribution < 1.29 is 9.59 Å². The van der Waals surface area contributed by atoms with E-state index in [-0.39, 0.29) is 18.0 Å². The molecule has 0 saturated heterocycles. The Morgan fingerprint density at radius 3 is 1.74 bits per heavy atom. The Kier molecular flexibility index (Phi) is 4.63. The molecule has 0 aliphatic rings. The standard InChI is InChI=1S/C25H18O2/c26-24(18-9-3-1-4-10-18)17-22-15-20-13-7-8-14-21(20)16-23(22)25(27)19-11-5-2-6-12-19/h1-16H,17H2. The second-order valence-corrected chi connectivity index (χ2v) is 6.52. The molecular weight excluding hydrogens is 332 g/mol. The molecule has 0 bridgehead atoms. The molecule has 27 heavy (non-hydrogen) atoms. The van der Waals surface area contributed by atoms with E-state index in [1.807, 2.05) is 84.9 Å². The number of hydrogen-bond acceptors (Lipinski definition) is 2. The third-order valence-electron chi connectivity index (χ3n) is 4.70. The summed E-state index contributed by atoms with van der Waals surface area (Å²) < 4.78 is 0. The summed E-state index contributed by atoms with van der Waals surface area (Å²) >= 11 is 0. The third kappa shape index (κ3) is 3.56. The van der Waals surface area contributed by atoms with Gasteiger partial charge in [0.05, 0.1) is 0 Å². The van der Waals surface area contributed by atoms with Crippen LogP contribution in [0.2, 0.25) is 0 Å². The van der Waals surface area contributed by atoms with E-state index in [2.05, 4.69) is 0 Å². The van der Waals surface area contributed by atoms with Gasteiger partial charge in [0.2, 0.25) is 0 Å². The maximum Gasteiger partial charge on any atom is 0.193 e. The summed E-state index contributed by atoms with van der Waals surface area (Å²) in [6.07, 6.45) is 0.197. The van der Waals surface area contributed by atoms with Gasteiger partial charge in [-0.05, 0) is 28.5 Å². The van der Waals surface area contributed by atoms with Crippen LogP contribution in [-0.4, -0.2) is 11.6 Å². The zero-order chi connectivity index (χ0) is 18.6. The molecule has 0 saturated carbocycles. The summed E-state index contributed by atoms with van der Waals surface area (Å²) in [5.41, 5.74) is 2.63. The van der Waals surface area contributed by atoms with Crippen LogP contribution in [0.5, 0.6) is 0 Å². The first-order valence-corrected chi connectivity index (χ1v) is 8.92.